The zero-order valence-corrected chi connectivity index (χ0v) is 16.7. The molecule has 0 aromatic heterocycles. The third kappa shape index (κ3) is 12.9. The molecule has 0 aliphatic carbocycles. The van der Waals surface area contributed by atoms with Gasteiger partial charge < -0.3 is 16.0 Å². The lowest BCUT2D eigenvalue weighted by Gasteiger charge is -2.18. The first kappa shape index (κ1) is 22.7. The molecule has 0 aromatic rings. The fraction of sp³-hybridized carbons (Fsp3) is 0.867. The summed E-state index contributed by atoms with van der Waals surface area (Å²) in [5.41, 5.74) is -0.337. The largest absolute Gasteiger partial charge is 0.357 e. The monoisotopic (exact) mass is 412 g/mol. The zero-order valence-electron chi connectivity index (χ0n) is 14.4. The van der Waals surface area contributed by atoms with Crippen LogP contribution in [-0.4, -0.2) is 38.0 Å². The smallest absolute Gasteiger partial charge is 0.225 e. The number of carbonyl (C=O) groups excluding carboxylic acids is 1. The molecule has 0 unspecified atom stereocenters. The lowest BCUT2D eigenvalue weighted by atomic mass is 9.96. The highest BCUT2D eigenvalue weighted by molar-refractivity contribution is 14.0. The Morgan fingerprint density at radius 3 is 2.14 bits per heavy atom. The quantitative estimate of drug-likeness (QED) is 0.260. The SMILES string of the molecule is CCNC(=NCCC(C)C)NCCNC(=O)C(C)(C)C.I. The van der Waals surface area contributed by atoms with Gasteiger partial charge in [-0.1, -0.05) is 34.6 Å². The molecule has 5 nitrogen and oxygen atoms in total. The molecule has 0 fully saturated rings. The average molecular weight is 412 g/mol. The summed E-state index contributed by atoms with van der Waals surface area (Å²) in [6.45, 7) is 15.1. The van der Waals surface area contributed by atoms with Gasteiger partial charge in [0.1, 0.15) is 0 Å². The predicted molar refractivity (Wildman–Crippen MR) is 101 cm³/mol. The molecule has 3 N–H and O–H groups in total. The second-order valence-electron chi connectivity index (χ2n) is 6.38. The maximum Gasteiger partial charge on any atom is 0.225 e. The second-order valence-corrected chi connectivity index (χ2v) is 6.38. The van der Waals surface area contributed by atoms with Gasteiger partial charge in [-0.15, -0.1) is 24.0 Å². The van der Waals surface area contributed by atoms with Crippen molar-refractivity contribution in [1.29, 1.82) is 0 Å². The van der Waals surface area contributed by atoms with Gasteiger partial charge in [-0.3, -0.25) is 9.79 Å². The topological polar surface area (TPSA) is 65.5 Å². The van der Waals surface area contributed by atoms with E-state index in [9.17, 15) is 4.79 Å². The van der Waals surface area contributed by atoms with Crippen LogP contribution < -0.4 is 16.0 Å². The van der Waals surface area contributed by atoms with Crippen molar-refractivity contribution in [3.8, 4) is 0 Å². The Morgan fingerprint density at radius 2 is 1.67 bits per heavy atom. The van der Waals surface area contributed by atoms with Crippen LogP contribution in [0.25, 0.3) is 0 Å². The number of guanidine groups is 1. The van der Waals surface area contributed by atoms with E-state index < -0.39 is 0 Å². The summed E-state index contributed by atoms with van der Waals surface area (Å²) >= 11 is 0. The van der Waals surface area contributed by atoms with Crippen LogP contribution in [0.4, 0.5) is 0 Å². The van der Waals surface area contributed by atoms with Crippen LogP contribution in [-0.2, 0) is 4.79 Å². The van der Waals surface area contributed by atoms with Gasteiger partial charge in [0.2, 0.25) is 5.91 Å². The Kier molecular flexibility index (Phi) is 13.1. The van der Waals surface area contributed by atoms with Crippen LogP contribution in [0.15, 0.2) is 4.99 Å². The highest BCUT2D eigenvalue weighted by Gasteiger charge is 2.20. The van der Waals surface area contributed by atoms with Gasteiger partial charge in [-0.05, 0) is 19.3 Å². The molecule has 0 aliphatic rings. The molecule has 21 heavy (non-hydrogen) atoms. The second kappa shape index (κ2) is 12.1. The highest BCUT2D eigenvalue weighted by atomic mass is 127. The standard InChI is InChI=1S/C15H32N4O.HI/c1-7-16-14(18-9-8-12(2)3)19-11-10-17-13(20)15(4,5)6;/h12H,7-11H2,1-6H3,(H,17,20)(H2,16,18,19);1H. The van der Waals surface area contributed by atoms with Gasteiger partial charge in [0.05, 0.1) is 0 Å². The Balaban J connectivity index is 0. The Morgan fingerprint density at radius 1 is 1.10 bits per heavy atom. The maximum atomic E-state index is 11.7. The van der Waals surface area contributed by atoms with Crippen LogP contribution in [0.2, 0.25) is 0 Å². The molecule has 0 heterocycles. The van der Waals surface area contributed by atoms with Crippen molar-refractivity contribution in [2.24, 2.45) is 16.3 Å². The van der Waals surface area contributed by atoms with Crippen LogP contribution in [0.1, 0.15) is 48.0 Å². The number of aliphatic imine (C=N–C) groups is 1. The van der Waals surface area contributed by atoms with Crippen LogP contribution in [0.3, 0.4) is 0 Å². The summed E-state index contributed by atoms with van der Waals surface area (Å²) in [6.07, 6.45) is 1.08. The van der Waals surface area contributed by atoms with Crippen molar-refractivity contribution >= 4 is 35.8 Å². The predicted octanol–water partition coefficient (Wildman–Crippen LogP) is 2.37. The first-order valence-electron chi connectivity index (χ1n) is 7.57. The molecular formula is C15H33IN4O. The number of hydrogen-bond donors (Lipinski definition) is 3. The molecule has 0 aliphatic heterocycles. The van der Waals surface area contributed by atoms with Crippen LogP contribution in [0.5, 0.6) is 0 Å². The number of carbonyl (C=O) groups is 1. The van der Waals surface area contributed by atoms with Gasteiger partial charge >= 0.3 is 0 Å². The van der Waals surface area contributed by atoms with Gasteiger partial charge in [0.25, 0.3) is 0 Å². The molecule has 0 saturated heterocycles. The summed E-state index contributed by atoms with van der Waals surface area (Å²) < 4.78 is 0. The fourth-order valence-electron chi connectivity index (χ4n) is 1.40. The number of nitrogens with zero attached hydrogens (tertiary/aromatic N) is 1. The van der Waals surface area contributed by atoms with Gasteiger partial charge in [0, 0.05) is 31.6 Å². The molecule has 0 rings (SSSR count). The van der Waals surface area contributed by atoms with E-state index in [1.807, 2.05) is 27.7 Å². The average Bonchev–Trinajstić information content (AvgIpc) is 2.32. The van der Waals surface area contributed by atoms with E-state index in [-0.39, 0.29) is 35.3 Å². The Bertz CT molecular complexity index is 311. The minimum absolute atomic E-state index is 0. The van der Waals surface area contributed by atoms with Crippen molar-refractivity contribution in [3.63, 3.8) is 0 Å². The molecule has 0 radical (unpaired) electrons. The molecule has 0 spiro atoms. The molecule has 0 bridgehead atoms. The minimum Gasteiger partial charge on any atom is -0.357 e. The fourth-order valence-corrected chi connectivity index (χ4v) is 1.40. The van der Waals surface area contributed by atoms with Crippen LogP contribution in [0, 0.1) is 11.3 Å². The normalized spacial score (nSPS) is 11.9. The van der Waals surface area contributed by atoms with Gasteiger partial charge in [0.15, 0.2) is 5.96 Å². The molecule has 0 aromatic carbocycles. The third-order valence-corrected chi connectivity index (χ3v) is 2.70. The van der Waals surface area contributed by atoms with Gasteiger partial charge in [-0.2, -0.15) is 0 Å². The summed E-state index contributed by atoms with van der Waals surface area (Å²) in [7, 11) is 0. The van der Waals surface area contributed by atoms with Gasteiger partial charge in [-0.25, -0.2) is 0 Å². The molecule has 0 atom stereocenters. The molecule has 0 saturated carbocycles. The number of hydrogen-bond acceptors (Lipinski definition) is 2. The van der Waals surface area contributed by atoms with Crippen molar-refractivity contribution < 1.29 is 4.79 Å². The number of halogens is 1. The first-order chi connectivity index (χ1) is 9.27. The summed E-state index contributed by atoms with van der Waals surface area (Å²) in [5, 5.41) is 9.34. The van der Waals surface area contributed by atoms with E-state index >= 15 is 0 Å². The molecular weight excluding hydrogens is 379 g/mol. The van der Waals surface area contributed by atoms with Crippen molar-refractivity contribution in [1.82, 2.24) is 16.0 Å². The van der Waals surface area contributed by atoms with E-state index in [1.165, 1.54) is 0 Å². The number of nitrogens with one attached hydrogen (secondary N) is 3. The van der Waals surface area contributed by atoms with Crippen molar-refractivity contribution in [2.45, 2.75) is 48.0 Å². The summed E-state index contributed by atoms with van der Waals surface area (Å²) in [4.78, 5) is 16.2. The Hall–Kier alpha value is -0.530. The summed E-state index contributed by atoms with van der Waals surface area (Å²) in [6, 6.07) is 0. The van der Waals surface area contributed by atoms with Crippen molar-refractivity contribution in [2.75, 3.05) is 26.2 Å². The minimum atomic E-state index is -0.337. The van der Waals surface area contributed by atoms with E-state index in [2.05, 4.69) is 34.8 Å². The zero-order chi connectivity index (χ0) is 15.6. The lowest BCUT2D eigenvalue weighted by Crippen LogP contribution is -2.43. The molecule has 1 amide bonds. The number of amides is 1. The highest BCUT2D eigenvalue weighted by Crippen LogP contribution is 2.11. The first-order valence-corrected chi connectivity index (χ1v) is 7.57. The number of rotatable bonds is 7. The van der Waals surface area contributed by atoms with E-state index in [1.54, 1.807) is 0 Å². The van der Waals surface area contributed by atoms with E-state index in [0.29, 0.717) is 19.0 Å². The Labute approximate surface area is 147 Å². The molecule has 6 heteroatoms. The van der Waals surface area contributed by atoms with Crippen LogP contribution >= 0.6 is 24.0 Å². The lowest BCUT2D eigenvalue weighted by molar-refractivity contribution is -0.128. The summed E-state index contributed by atoms with van der Waals surface area (Å²) in [5.74, 6) is 1.55. The van der Waals surface area contributed by atoms with E-state index in [0.717, 1.165) is 25.5 Å². The van der Waals surface area contributed by atoms with E-state index in [4.69, 9.17) is 0 Å². The molecule has 126 valence electrons. The van der Waals surface area contributed by atoms with Crippen molar-refractivity contribution in [3.05, 3.63) is 0 Å². The third-order valence-electron chi connectivity index (χ3n) is 2.70. The maximum absolute atomic E-state index is 11.7.